The van der Waals surface area contributed by atoms with Gasteiger partial charge in [-0.1, -0.05) is 24.3 Å². The predicted octanol–water partition coefficient (Wildman–Crippen LogP) is 3.22. The monoisotopic (exact) mass is 333 g/mol. The fourth-order valence-electron chi connectivity index (χ4n) is 2.43. The normalized spacial score (nSPS) is 11.6. The van der Waals surface area contributed by atoms with Gasteiger partial charge < -0.3 is 5.32 Å². The van der Waals surface area contributed by atoms with E-state index in [1.807, 2.05) is 40.2 Å². The fourth-order valence-corrected chi connectivity index (χ4v) is 2.43. The smallest absolute Gasteiger partial charge is 0.347 e. The molecule has 0 spiro atoms. The first-order valence-electron chi connectivity index (χ1n) is 7.27. The van der Waals surface area contributed by atoms with Crippen LogP contribution < -0.4 is 5.32 Å². The van der Waals surface area contributed by atoms with Crippen molar-refractivity contribution >= 4 is 11.6 Å². The number of hydrogen-bond acceptors (Lipinski definition) is 2. The summed E-state index contributed by atoms with van der Waals surface area (Å²) < 4.78 is 38.3. The summed E-state index contributed by atoms with van der Waals surface area (Å²) in [5.74, 6) is -0.664. The number of pyridine rings is 1. The molecule has 7 heteroatoms. The minimum absolute atomic E-state index is 0.110. The molecule has 0 atom stereocenters. The van der Waals surface area contributed by atoms with Gasteiger partial charge in [-0.2, -0.15) is 13.2 Å². The van der Waals surface area contributed by atoms with Crippen molar-refractivity contribution in [2.75, 3.05) is 6.54 Å². The Morgan fingerprint density at radius 2 is 2.00 bits per heavy atom. The van der Waals surface area contributed by atoms with Crippen LogP contribution in [0.25, 0.3) is 16.9 Å². The number of nitrogens with zero attached hydrogens (tertiary/aromatic N) is 2. The molecule has 0 aliphatic carbocycles. The molecule has 3 rings (SSSR count). The van der Waals surface area contributed by atoms with E-state index in [-0.39, 0.29) is 6.42 Å². The van der Waals surface area contributed by atoms with Crippen molar-refractivity contribution in [3.63, 3.8) is 0 Å². The van der Waals surface area contributed by atoms with Crippen LogP contribution in [0.2, 0.25) is 0 Å². The summed E-state index contributed by atoms with van der Waals surface area (Å²) in [6, 6.07) is 12.8. The minimum Gasteiger partial charge on any atom is -0.347 e. The lowest BCUT2D eigenvalue weighted by atomic mass is 10.1. The largest absolute Gasteiger partial charge is 0.405 e. The van der Waals surface area contributed by atoms with E-state index in [1.54, 1.807) is 24.4 Å². The Balaban J connectivity index is 1.78. The van der Waals surface area contributed by atoms with E-state index in [1.165, 1.54) is 0 Å². The van der Waals surface area contributed by atoms with Crippen molar-refractivity contribution < 1.29 is 18.0 Å². The van der Waals surface area contributed by atoms with Crippen LogP contribution in [0.3, 0.4) is 0 Å². The Morgan fingerprint density at radius 3 is 2.79 bits per heavy atom. The van der Waals surface area contributed by atoms with Crippen LogP contribution in [-0.2, 0) is 11.2 Å². The number of hydrogen-bond donors (Lipinski definition) is 1. The summed E-state index contributed by atoms with van der Waals surface area (Å²) in [7, 11) is 0. The topological polar surface area (TPSA) is 46.4 Å². The quantitative estimate of drug-likeness (QED) is 0.797. The molecule has 0 unspecified atom stereocenters. The number of halogens is 3. The van der Waals surface area contributed by atoms with Crippen LogP contribution in [-0.4, -0.2) is 28.0 Å². The first-order chi connectivity index (χ1) is 11.4. The van der Waals surface area contributed by atoms with Gasteiger partial charge >= 0.3 is 6.18 Å². The number of carbonyl (C=O) groups is 1. The molecule has 0 radical (unpaired) electrons. The van der Waals surface area contributed by atoms with Gasteiger partial charge in [0.2, 0.25) is 5.91 Å². The molecule has 0 saturated carbocycles. The van der Waals surface area contributed by atoms with Crippen LogP contribution in [0.1, 0.15) is 5.56 Å². The molecule has 124 valence electrons. The van der Waals surface area contributed by atoms with E-state index in [9.17, 15) is 18.0 Å². The van der Waals surface area contributed by atoms with Crippen LogP contribution in [0.15, 0.2) is 54.9 Å². The van der Waals surface area contributed by atoms with Gasteiger partial charge in [0, 0.05) is 11.8 Å². The number of rotatable bonds is 4. The summed E-state index contributed by atoms with van der Waals surface area (Å²) in [5, 5.41) is 1.87. The summed E-state index contributed by atoms with van der Waals surface area (Å²) in [5.41, 5.74) is 3.12. The second kappa shape index (κ2) is 6.35. The lowest BCUT2D eigenvalue weighted by Gasteiger charge is -2.09. The van der Waals surface area contributed by atoms with Crippen molar-refractivity contribution in [2.24, 2.45) is 0 Å². The molecule has 0 aliphatic heterocycles. The molecule has 0 bridgehead atoms. The number of fused-ring (bicyclic) bond motifs is 1. The molecule has 0 saturated heterocycles. The van der Waals surface area contributed by atoms with Gasteiger partial charge in [-0.15, -0.1) is 0 Å². The van der Waals surface area contributed by atoms with Gasteiger partial charge in [0.05, 0.1) is 18.3 Å². The van der Waals surface area contributed by atoms with Crippen molar-refractivity contribution in [2.45, 2.75) is 12.6 Å². The number of alkyl halides is 3. The Hall–Kier alpha value is -2.83. The average Bonchev–Trinajstić information content (AvgIpc) is 2.97. The third-order valence-corrected chi connectivity index (χ3v) is 3.49. The highest BCUT2D eigenvalue weighted by Gasteiger charge is 2.27. The van der Waals surface area contributed by atoms with Gasteiger partial charge in [0.15, 0.2) is 0 Å². The van der Waals surface area contributed by atoms with Gasteiger partial charge in [-0.25, -0.2) is 4.98 Å². The molecule has 3 aromatic rings. The molecule has 1 amide bonds. The van der Waals surface area contributed by atoms with E-state index in [2.05, 4.69) is 4.98 Å². The van der Waals surface area contributed by atoms with Gasteiger partial charge in [0.25, 0.3) is 0 Å². The number of carbonyl (C=O) groups excluding carboxylic acids is 1. The van der Waals surface area contributed by atoms with Crippen molar-refractivity contribution in [1.82, 2.24) is 14.7 Å². The van der Waals surface area contributed by atoms with E-state index in [0.717, 1.165) is 16.9 Å². The molecular formula is C17H14F3N3O. The van der Waals surface area contributed by atoms with Crippen LogP contribution in [0, 0.1) is 0 Å². The molecule has 2 heterocycles. The number of benzene rings is 1. The Labute approximate surface area is 135 Å². The summed E-state index contributed by atoms with van der Waals surface area (Å²) in [6.45, 7) is -1.32. The van der Waals surface area contributed by atoms with Gasteiger partial charge in [-0.3, -0.25) is 9.20 Å². The fraction of sp³-hybridized carbons (Fsp3) is 0.176. The number of amides is 1. The maximum Gasteiger partial charge on any atom is 0.405 e. The lowest BCUT2D eigenvalue weighted by Crippen LogP contribution is -2.34. The molecule has 4 nitrogen and oxygen atoms in total. The zero-order valence-electron chi connectivity index (χ0n) is 12.5. The molecule has 0 aliphatic rings. The first kappa shape index (κ1) is 16.0. The standard InChI is InChI=1S/C17H14F3N3O/c18-17(19,20)11-22-16(24)9-12-4-3-5-13(8-12)14-10-21-15-6-1-2-7-23(14)15/h1-8,10H,9,11H2,(H,22,24). The van der Waals surface area contributed by atoms with E-state index >= 15 is 0 Å². The summed E-state index contributed by atoms with van der Waals surface area (Å²) in [4.78, 5) is 15.9. The molecule has 2 aromatic heterocycles. The zero-order chi connectivity index (χ0) is 17.2. The number of nitrogens with one attached hydrogen (secondary N) is 1. The van der Waals surface area contributed by atoms with Crippen molar-refractivity contribution in [1.29, 1.82) is 0 Å². The summed E-state index contributed by atoms with van der Waals surface area (Å²) in [6.07, 6.45) is -0.923. The van der Waals surface area contributed by atoms with Gasteiger partial charge in [-0.05, 0) is 23.8 Å². The van der Waals surface area contributed by atoms with Crippen LogP contribution in [0.5, 0.6) is 0 Å². The van der Waals surface area contributed by atoms with Crippen molar-refractivity contribution in [3.8, 4) is 11.3 Å². The second-order valence-electron chi connectivity index (χ2n) is 5.34. The first-order valence-corrected chi connectivity index (χ1v) is 7.27. The number of aromatic nitrogens is 2. The van der Waals surface area contributed by atoms with Crippen molar-refractivity contribution in [3.05, 3.63) is 60.4 Å². The average molecular weight is 333 g/mol. The van der Waals surface area contributed by atoms with Gasteiger partial charge in [0.1, 0.15) is 12.2 Å². The molecule has 1 N–H and O–H groups in total. The van der Waals surface area contributed by atoms with Crippen LogP contribution >= 0.6 is 0 Å². The maximum absolute atomic E-state index is 12.1. The predicted molar refractivity (Wildman–Crippen MR) is 83.4 cm³/mol. The Kier molecular flexibility index (Phi) is 4.24. The summed E-state index contributed by atoms with van der Waals surface area (Å²) >= 11 is 0. The lowest BCUT2D eigenvalue weighted by molar-refractivity contribution is -0.138. The third kappa shape index (κ3) is 3.73. The SMILES string of the molecule is O=C(Cc1cccc(-c2cnc3ccccn23)c1)NCC(F)(F)F. The van der Waals surface area contributed by atoms with E-state index in [0.29, 0.717) is 5.56 Å². The third-order valence-electron chi connectivity index (χ3n) is 3.49. The minimum atomic E-state index is -4.41. The molecule has 1 aromatic carbocycles. The maximum atomic E-state index is 12.1. The highest BCUT2D eigenvalue weighted by Crippen LogP contribution is 2.22. The van der Waals surface area contributed by atoms with E-state index < -0.39 is 18.6 Å². The van der Waals surface area contributed by atoms with E-state index in [4.69, 9.17) is 0 Å². The second-order valence-corrected chi connectivity index (χ2v) is 5.34. The highest BCUT2D eigenvalue weighted by atomic mass is 19.4. The number of imidazole rings is 1. The molecular weight excluding hydrogens is 319 g/mol. The zero-order valence-corrected chi connectivity index (χ0v) is 12.5. The molecule has 24 heavy (non-hydrogen) atoms. The highest BCUT2D eigenvalue weighted by molar-refractivity contribution is 5.79. The van der Waals surface area contributed by atoms with Crippen LogP contribution in [0.4, 0.5) is 13.2 Å². The molecule has 0 fully saturated rings. The Bertz CT molecular complexity index is 871. The Morgan fingerprint density at radius 1 is 1.17 bits per heavy atom.